The molecule has 0 saturated carbocycles. The van der Waals surface area contributed by atoms with Crippen LogP contribution >= 0.6 is 0 Å². The van der Waals surface area contributed by atoms with Gasteiger partial charge in [-0.15, -0.1) is 0 Å². The van der Waals surface area contributed by atoms with Crippen LogP contribution in [0.3, 0.4) is 0 Å². The first-order valence-electron chi connectivity index (χ1n) is 10.1. The van der Waals surface area contributed by atoms with Gasteiger partial charge in [0.2, 0.25) is 0 Å². The standard InChI is InChI=1S/C23H28N2O2/c26-23(27)13-16-24-14-11-18(12-15-24)17-25-21-7-3-1-5-19(21)9-10-20-6-2-4-8-22(20)25/h1-8,18H,9-17H2,(H,26,27). The average Bonchev–Trinajstić information content (AvgIpc) is 2.85. The molecule has 2 aromatic carbocycles. The minimum absolute atomic E-state index is 0.248. The van der Waals surface area contributed by atoms with E-state index in [0.29, 0.717) is 12.5 Å². The first-order valence-corrected chi connectivity index (χ1v) is 10.1. The summed E-state index contributed by atoms with van der Waals surface area (Å²) in [4.78, 5) is 15.6. The van der Waals surface area contributed by atoms with Crippen molar-refractivity contribution in [3.8, 4) is 0 Å². The quantitative estimate of drug-likeness (QED) is 0.867. The van der Waals surface area contributed by atoms with Gasteiger partial charge in [0, 0.05) is 24.5 Å². The molecule has 4 rings (SSSR count). The van der Waals surface area contributed by atoms with Crippen LogP contribution in [0.25, 0.3) is 0 Å². The lowest BCUT2D eigenvalue weighted by atomic mass is 9.95. The van der Waals surface area contributed by atoms with Crippen LogP contribution < -0.4 is 4.90 Å². The first kappa shape index (κ1) is 18.1. The number of likely N-dealkylation sites (tertiary alicyclic amines) is 1. The van der Waals surface area contributed by atoms with Gasteiger partial charge in [0.1, 0.15) is 0 Å². The van der Waals surface area contributed by atoms with Gasteiger partial charge in [0.05, 0.1) is 6.42 Å². The van der Waals surface area contributed by atoms with E-state index in [2.05, 4.69) is 58.3 Å². The van der Waals surface area contributed by atoms with Gasteiger partial charge in [-0.2, -0.15) is 0 Å². The summed E-state index contributed by atoms with van der Waals surface area (Å²) in [5, 5.41) is 8.89. The number of aryl methyl sites for hydroxylation is 2. The highest BCUT2D eigenvalue weighted by Crippen LogP contribution is 2.37. The Morgan fingerprint density at radius 3 is 2.04 bits per heavy atom. The molecule has 0 bridgehead atoms. The number of carboxylic acids is 1. The number of para-hydroxylation sites is 2. The summed E-state index contributed by atoms with van der Waals surface area (Å²) in [5.74, 6) is -0.0554. The zero-order chi connectivity index (χ0) is 18.6. The molecule has 0 amide bonds. The number of hydrogen-bond donors (Lipinski definition) is 1. The zero-order valence-electron chi connectivity index (χ0n) is 15.8. The van der Waals surface area contributed by atoms with E-state index in [4.69, 9.17) is 5.11 Å². The fourth-order valence-corrected chi connectivity index (χ4v) is 4.47. The lowest BCUT2D eigenvalue weighted by Crippen LogP contribution is -2.38. The summed E-state index contributed by atoms with van der Waals surface area (Å²) in [6, 6.07) is 17.6. The van der Waals surface area contributed by atoms with Crippen molar-refractivity contribution in [2.24, 2.45) is 5.92 Å². The fourth-order valence-electron chi connectivity index (χ4n) is 4.47. The van der Waals surface area contributed by atoms with E-state index < -0.39 is 5.97 Å². The monoisotopic (exact) mass is 364 g/mol. The Balaban J connectivity index is 1.50. The lowest BCUT2D eigenvalue weighted by molar-refractivity contribution is -0.137. The minimum Gasteiger partial charge on any atom is -0.481 e. The smallest absolute Gasteiger partial charge is 0.304 e. The van der Waals surface area contributed by atoms with Crippen LogP contribution in [0, 0.1) is 5.92 Å². The molecule has 1 saturated heterocycles. The molecule has 2 aliphatic rings. The number of rotatable bonds is 5. The summed E-state index contributed by atoms with van der Waals surface area (Å²) in [6.07, 6.45) is 4.72. The predicted molar refractivity (Wildman–Crippen MR) is 109 cm³/mol. The van der Waals surface area contributed by atoms with Crippen molar-refractivity contribution in [1.82, 2.24) is 4.90 Å². The summed E-state index contributed by atoms with van der Waals surface area (Å²) in [7, 11) is 0. The molecule has 2 aliphatic heterocycles. The van der Waals surface area contributed by atoms with Crippen molar-refractivity contribution in [2.45, 2.75) is 32.1 Å². The van der Waals surface area contributed by atoms with E-state index in [1.807, 2.05) is 0 Å². The molecule has 4 heteroatoms. The molecule has 0 spiro atoms. The highest BCUT2D eigenvalue weighted by molar-refractivity contribution is 5.71. The molecular weight excluding hydrogens is 336 g/mol. The number of carbonyl (C=O) groups is 1. The van der Waals surface area contributed by atoms with Crippen molar-refractivity contribution in [3.05, 3.63) is 59.7 Å². The number of fused-ring (bicyclic) bond motifs is 2. The van der Waals surface area contributed by atoms with Gasteiger partial charge in [-0.1, -0.05) is 36.4 Å². The Morgan fingerprint density at radius 2 is 1.48 bits per heavy atom. The van der Waals surface area contributed by atoms with E-state index in [0.717, 1.165) is 45.3 Å². The molecule has 0 unspecified atom stereocenters. The fraction of sp³-hybridized carbons (Fsp3) is 0.435. The summed E-state index contributed by atoms with van der Waals surface area (Å²) in [6.45, 7) is 3.74. The van der Waals surface area contributed by atoms with Crippen molar-refractivity contribution >= 4 is 17.3 Å². The molecule has 2 aromatic rings. The van der Waals surface area contributed by atoms with Gasteiger partial charge in [0.25, 0.3) is 0 Å². The summed E-state index contributed by atoms with van der Waals surface area (Å²) < 4.78 is 0. The van der Waals surface area contributed by atoms with Crippen molar-refractivity contribution in [3.63, 3.8) is 0 Å². The Labute approximate surface area is 161 Å². The highest BCUT2D eigenvalue weighted by atomic mass is 16.4. The predicted octanol–water partition coefficient (Wildman–Crippen LogP) is 4.11. The highest BCUT2D eigenvalue weighted by Gasteiger charge is 2.26. The van der Waals surface area contributed by atoms with E-state index in [1.54, 1.807) is 0 Å². The van der Waals surface area contributed by atoms with Crippen LogP contribution in [-0.2, 0) is 17.6 Å². The van der Waals surface area contributed by atoms with E-state index in [9.17, 15) is 4.79 Å². The number of carboxylic acid groups (broad SMARTS) is 1. The van der Waals surface area contributed by atoms with Crippen LogP contribution in [0.5, 0.6) is 0 Å². The maximum Gasteiger partial charge on any atom is 0.304 e. The summed E-state index contributed by atoms with van der Waals surface area (Å²) >= 11 is 0. The third-order valence-electron chi connectivity index (χ3n) is 6.02. The van der Waals surface area contributed by atoms with Crippen molar-refractivity contribution < 1.29 is 9.90 Å². The zero-order valence-corrected chi connectivity index (χ0v) is 15.8. The maximum atomic E-state index is 10.8. The topological polar surface area (TPSA) is 43.8 Å². The molecule has 1 fully saturated rings. The maximum absolute atomic E-state index is 10.8. The Morgan fingerprint density at radius 1 is 0.926 bits per heavy atom. The lowest BCUT2D eigenvalue weighted by Gasteiger charge is -2.36. The Bertz CT molecular complexity index is 749. The molecule has 0 aromatic heterocycles. The molecule has 0 radical (unpaired) electrons. The number of aliphatic carboxylic acids is 1. The molecule has 142 valence electrons. The molecule has 1 N–H and O–H groups in total. The number of piperidine rings is 1. The Kier molecular flexibility index (Phi) is 5.44. The van der Waals surface area contributed by atoms with Crippen molar-refractivity contribution in [2.75, 3.05) is 31.1 Å². The van der Waals surface area contributed by atoms with Gasteiger partial charge < -0.3 is 14.9 Å². The third kappa shape index (κ3) is 4.16. The molecule has 2 heterocycles. The first-order chi connectivity index (χ1) is 13.2. The van der Waals surface area contributed by atoms with Gasteiger partial charge in [0.15, 0.2) is 0 Å². The third-order valence-corrected chi connectivity index (χ3v) is 6.02. The summed E-state index contributed by atoms with van der Waals surface area (Å²) in [5.41, 5.74) is 5.59. The molecular formula is C23H28N2O2. The largest absolute Gasteiger partial charge is 0.481 e. The van der Waals surface area contributed by atoms with Crippen LogP contribution in [-0.4, -0.2) is 42.2 Å². The average molecular weight is 364 g/mol. The molecule has 0 aliphatic carbocycles. The normalized spacial score (nSPS) is 17.9. The second-order valence-electron chi connectivity index (χ2n) is 7.80. The second kappa shape index (κ2) is 8.13. The van der Waals surface area contributed by atoms with Crippen molar-refractivity contribution in [1.29, 1.82) is 0 Å². The number of anilines is 2. The van der Waals surface area contributed by atoms with Crippen LogP contribution in [0.2, 0.25) is 0 Å². The molecule has 27 heavy (non-hydrogen) atoms. The SMILES string of the molecule is O=C(O)CCN1CCC(CN2c3ccccc3CCc3ccccc32)CC1. The van der Waals surface area contributed by atoms with Crippen LogP contribution in [0.4, 0.5) is 11.4 Å². The van der Waals surface area contributed by atoms with Gasteiger partial charge in [-0.3, -0.25) is 4.79 Å². The van der Waals surface area contributed by atoms with E-state index in [1.165, 1.54) is 22.5 Å². The number of nitrogens with zero attached hydrogens (tertiary/aromatic N) is 2. The number of hydrogen-bond acceptors (Lipinski definition) is 3. The van der Waals surface area contributed by atoms with E-state index in [-0.39, 0.29) is 6.42 Å². The number of benzene rings is 2. The minimum atomic E-state index is -0.699. The van der Waals surface area contributed by atoms with Crippen LogP contribution in [0.15, 0.2) is 48.5 Å². The molecule has 4 nitrogen and oxygen atoms in total. The Hall–Kier alpha value is -2.33. The van der Waals surface area contributed by atoms with Gasteiger partial charge in [-0.05, 0) is 68.0 Å². The second-order valence-corrected chi connectivity index (χ2v) is 7.80. The van der Waals surface area contributed by atoms with Gasteiger partial charge in [-0.25, -0.2) is 0 Å². The van der Waals surface area contributed by atoms with Gasteiger partial charge >= 0.3 is 5.97 Å². The van der Waals surface area contributed by atoms with E-state index >= 15 is 0 Å². The van der Waals surface area contributed by atoms with Crippen LogP contribution in [0.1, 0.15) is 30.4 Å². The molecule has 0 atom stereocenters.